The van der Waals surface area contributed by atoms with Crippen molar-refractivity contribution in [2.24, 2.45) is 0 Å². The zero-order valence-corrected chi connectivity index (χ0v) is 17.3. The van der Waals surface area contributed by atoms with E-state index in [9.17, 15) is 36.2 Å². The van der Waals surface area contributed by atoms with Crippen LogP contribution < -0.4 is 4.90 Å². The number of nitrogens with zero attached hydrogens (tertiary/aromatic N) is 1. The van der Waals surface area contributed by atoms with Gasteiger partial charge in [-0.2, -0.15) is 26.3 Å². The molecule has 1 heterocycles. The highest BCUT2D eigenvalue weighted by atomic mass is 35.5. The molecule has 0 saturated heterocycles. The van der Waals surface area contributed by atoms with Crippen LogP contribution in [0.25, 0.3) is 0 Å². The van der Waals surface area contributed by atoms with E-state index in [0.717, 1.165) is 41.3 Å². The Morgan fingerprint density at radius 1 is 0.818 bits per heavy atom. The quantitative estimate of drug-likeness (QED) is 0.451. The molecule has 1 atom stereocenters. The number of carbonyl (C=O) groups is 1. The van der Waals surface area contributed by atoms with Crippen LogP contribution in [0.1, 0.15) is 27.8 Å². The third-order valence-corrected chi connectivity index (χ3v) is 5.68. The second-order valence-electron chi connectivity index (χ2n) is 7.53. The van der Waals surface area contributed by atoms with Gasteiger partial charge in [0.15, 0.2) is 5.60 Å². The van der Waals surface area contributed by atoms with E-state index in [1.807, 2.05) is 0 Å². The number of alkyl halides is 6. The van der Waals surface area contributed by atoms with Crippen LogP contribution in [-0.4, -0.2) is 11.0 Å². The van der Waals surface area contributed by atoms with E-state index in [2.05, 4.69) is 0 Å². The number of rotatable bonds is 3. The fourth-order valence-electron chi connectivity index (χ4n) is 3.77. The first-order valence-corrected chi connectivity index (χ1v) is 9.88. The molecule has 0 aliphatic carbocycles. The molecule has 0 saturated carbocycles. The first-order chi connectivity index (χ1) is 15.3. The summed E-state index contributed by atoms with van der Waals surface area (Å²) >= 11 is 6.04. The van der Waals surface area contributed by atoms with E-state index in [4.69, 9.17) is 11.6 Å². The van der Waals surface area contributed by atoms with E-state index in [0.29, 0.717) is 5.56 Å². The highest BCUT2D eigenvalue weighted by Gasteiger charge is 2.51. The van der Waals surface area contributed by atoms with Crippen molar-refractivity contribution in [3.05, 3.63) is 99.6 Å². The van der Waals surface area contributed by atoms with Gasteiger partial charge < -0.3 is 10.0 Å². The van der Waals surface area contributed by atoms with Crippen LogP contribution in [0.5, 0.6) is 0 Å². The Balaban J connectivity index is 1.74. The molecule has 10 heteroatoms. The Morgan fingerprint density at radius 3 is 1.85 bits per heavy atom. The second-order valence-corrected chi connectivity index (χ2v) is 7.97. The fourth-order valence-corrected chi connectivity index (χ4v) is 3.94. The lowest BCUT2D eigenvalue weighted by Crippen LogP contribution is -2.41. The highest BCUT2D eigenvalue weighted by molar-refractivity contribution is 6.31. The van der Waals surface area contributed by atoms with Gasteiger partial charge in [0, 0.05) is 10.6 Å². The molecular weight excluding hydrogens is 472 g/mol. The first kappa shape index (κ1) is 23.1. The summed E-state index contributed by atoms with van der Waals surface area (Å²) in [7, 11) is 0. The van der Waals surface area contributed by atoms with Crippen molar-refractivity contribution in [2.75, 3.05) is 4.90 Å². The van der Waals surface area contributed by atoms with E-state index < -0.39 is 35.0 Å². The first-order valence-electron chi connectivity index (χ1n) is 9.50. The molecule has 0 unspecified atom stereocenters. The average molecular weight is 486 g/mol. The van der Waals surface area contributed by atoms with Gasteiger partial charge in [0.25, 0.3) is 5.91 Å². The number of amides is 1. The molecule has 4 rings (SSSR count). The highest BCUT2D eigenvalue weighted by Crippen LogP contribution is 2.46. The van der Waals surface area contributed by atoms with Crippen LogP contribution in [0.2, 0.25) is 5.02 Å². The maximum absolute atomic E-state index is 13.3. The molecule has 33 heavy (non-hydrogen) atoms. The molecule has 1 aliphatic rings. The number of aliphatic hydroxyl groups is 1. The summed E-state index contributed by atoms with van der Waals surface area (Å²) in [4.78, 5) is 14.5. The lowest BCUT2D eigenvalue weighted by Gasteiger charge is -2.24. The van der Waals surface area contributed by atoms with Crippen molar-refractivity contribution in [1.82, 2.24) is 0 Å². The van der Waals surface area contributed by atoms with Gasteiger partial charge in [0.1, 0.15) is 0 Å². The van der Waals surface area contributed by atoms with E-state index in [1.165, 1.54) is 30.3 Å². The summed E-state index contributed by atoms with van der Waals surface area (Å²) < 4.78 is 77.3. The van der Waals surface area contributed by atoms with Crippen LogP contribution in [0.3, 0.4) is 0 Å². The molecule has 3 aromatic carbocycles. The summed E-state index contributed by atoms with van der Waals surface area (Å²) in [6, 6.07) is 11.9. The largest absolute Gasteiger partial charge is 0.416 e. The molecule has 0 fully saturated rings. The minimum atomic E-state index is -4.60. The van der Waals surface area contributed by atoms with Crippen LogP contribution >= 0.6 is 11.6 Å². The number of carbonyl (C=O) groups excluding carboxylic acids is 1. The van der Waals surface area contributed by atoms with Gasteiger partial charge in [-0.3, -0.25) is 4.79 Å². The number of halogens is 7. The molecule has 172 valence electrons. The predicted molar refractivity (Wildman–Crippen MR) is 109 cm³/mol. The van der Waals surface area contributed by atoms with Crippen LogP contribution in [0.4, 0.5) is 32.0 Å². The number of benzene rings is 3. The Morgan fingerprint density at radius 2 is 1.33 bits per heavy atom. The monoisotopic (exact) mass is 485 g/mol. The number of hydrogen-bond acceptors (Lipinski definition) is 2. The molecule has 3 nitrogen and oxygen atoms in total. The minimum absolute atomic E-state index is 0.0617. The SMILES string of the molecule is O=C1N(Cc2ccc(C(F)(F)F)cc2)c2ccc(Cl)cc2[C@]1(O)c1ccc(C(F)(F)F)cc1. The molecule has 3 aromatic rings. The average Bonchev–Trinajstić information content (AvgIpc) is 2.95. The van der Waals surface area contributed by atoms with Crippen LogP contribution in [0.15, 0.2) is 66.7 Å². The standard InChI is InChI=1S/C23H14ClF6NO2/c24-17-9-10-19-18(11-17)21(33,14-5-7-16(8-6-14)23(28,29)30)20(32)31(19)12-13-1-3-15(4-2-13)22(25,26)27/h1-11,33H,12H2/t21-/m1/s1. The lowest BCUT2D eigenvalue weighted by molar-refractivity contribution is -0.138. The van der Waals surface area contributed by atoms with Gasteiger partial charge >= 0.3 is 12.4 Å². The van der Waals surface area contributed by atoms with Gasteiger partial charge in [-0.25, -0.2) is 0 Å². The zero-order chi connectivity index (χ0) is 24.2. The maximum atomic E-state index is 13.3. The second kappa shape index (κ2) is 7.78. The van der Waals surface area contributed by atoms with Gasteiger partial charge in [0.05, 0.1) is 23.4 Å². The van der Waals surface area contributed by atoms with Crippen molar-refractivity contribution in [3.63, 3.8) is 0 Å². The molecule has 1 N–H and O–H groups in total. The third kappa shape index (κ3) is 4.06. The predicted octanol–water partition coefficient (Wildman–Crippen LogP) is 6.16. The Hall–Kier alpha value is -3.04. The smallest absolute Gasteiger partial charge is 0.372 e. The lowest BCUT2D eigenvalue weighted by atomic mass is 9.87. The zero-order valence-electron chi connectivity index (χ0n) is 16.5. The fraction of sp³-hybridized carbons (Fsp3) is 0.174. The molecule has 1 amide bonds. The Bertz CT molecular complexity index is 1210. The van der Waals surface area contributed by atoms with Gasteiger partial charge in [-0.15, -0.1) is 0 Å². The summed E-state index contributed by atoms with van der Waals surface area (Å²) in [5, 5.41) is 11.6. The number of fused-ring (bicyclic) bond motifs is 1. The summed E-state index contributed by atoms with van der Waals surface area (Å²) in [5.41, 5.74) is -3.57. The van der Waals surface area contributed by atoms with Crippen molar-refractivity contribution in [1.29, 1.82) is 0 Å². The Kier molecular flexibility index (Phi) is 5.45. The van der Waals surface area contributed by atoms with Crippen molar-refractivity contribution in [3.8, 4) is 0 Å². The van der Waals surface area contributed by atoms with Crippen LogP contribution in [-0.2, 0) is 29.3 Å². The van der Waals surface area contributed by atoms with Gasteiger partial charge in [-0.1, -0.05) is 35.9 Å². The number of anilines is 1. The third-order valence-electron chi connectivity index (χ3n) is 5.45. The number of hydrogen-bond donors (Lipinski definition) is 1. The van der Waals surface area contributed by atoms with E-state index in [-0.39, 0.29) is 28.4 Å². The van der Waals surface area contributed by atoms with Gasteiger partial charge in [0.2, 0.25) is 0 Å². The van der Waals surface area contributed by atoms with Crippen molar-refractivity contribution < 1.29 is 36.2 Å². The van der Waals surface area contributed by atoms with E-state index in [1.54, 1.807) is 0 Å². The summed E-state index contributed by atoms with van der Waals surface area (Å²) in [5.74, 6) is -0.862. The normalized spacial score (nSPS) is 18.5. The Labute approximate surface area is 188 Å². The van der Waals surface area contributed by atoms with Crippen LogP contribution in [0, 0.1) is 0 Å². The molecule has 0 bridgehead atoms. The topological polar surface area (TPSA) is 40.5 Å². The van der Waals surface area contributed by atoms with Gasteiger partial charge in [-0.05, 0) is 53.6 Å². The molecule has 0 aromatic heterocycles. The maximum Gasteiger partial charge on any atom is 0.416 e. The summed E-state index contributed by atoms with van der Waals surface area (Å²) in [6.45, 7) is -0.172. The molecular formula is C23H14ClF6NO2. The van der Waals surface area contributed by atoms with E-state index >= 15 is 0 Å². The van der Waals surface area contributed by atoms with Crippen molar-refractivity contribution >= 4 is 23.2 Å². The molecule has 0 radical (unpaired) electrons. The minimum Gasteiger partial charge on any atom is -0.372 e. The molecule has 0 spiro atoms. The molecule has 1 aliphatic heterocycles. The van der Waals surface area contributed by atoms with Crippen molar-refractivity contribution in [2.45, 2.75) is 24.5 Å². The summed E-state index contributed by atoms with van der Waals surface area (Å²) in [6.07, 6.45) is -9.12.